The third kappa shape index (κ3) is 8.48. The van der Waals surface area contributed by atoms with E-state index in [9.17, 15) is 9.59 Å². The molecule has 0 fully saturated rings. The zero-order chi connectivity index (χ0) is 30.6. The average molecular weight is 592 g/mol. The molecule has 0 unspecified atom stereocenters. The maximum Gasteiger partial charge on any atom is 0.328 e. The monoisotopic (exact) mass is 591 g/mol. The maximum absolute atomic E-state index is 13.0. The molecule has 0 spiro atoms. The van der Waals surface area contributed by atoms with Gasteiger partial charge in [-0.25, -0.2) is 9.78 Å². The normalized spacial score (nSPS) is 11.3. The van der Waals surface area contributed by atoms with Gasteiger partial charge >= 0.3 is 5.97 Å². The second-order valence-corrected chi connectivity index (χ2v) is 9.86. The van der Waals surface area contributed by atoms with Gasteiger partial charge in [-0.1, -0.05) is 42.5 Å². The number of ether oxygens (including phenoxy) is 4. The fourth-order valence-electron chi connectivity index (χ4n) is 4.42. The molecule has 0 bridgehead atoms. The number of amides is 1. The first-order valence-corrected chi connectivity index (χ1v) is 14.2. The van der Waals surface area contributed by atoms with E-state index in [1.54, 1.807) is 36.8 Å². The minimum Gasteiger partial charge on any atom is -0.490 e. The van der Waals surface area contributed by atoms with Crippen molar-refractivity contribution in [2.75, 3.05) is 20.3 Å². The van der Waals surface area contributed by atoms with Crippen LogP contribution in [0, 0.1) is 0 Å². The number of hydrogen-bond acceptors (Lipinski definition) is 7. The third-order valence-corrected chi connectivity index (χ3v) is 6.78. The number of nitrogens with zero attached hydrogens (tertiary/aromatic N) is 2. The number of carbonyl (C=O) groups is 2. The Morgan fingerprint density at radius 3 is 1.98 bits per heavy atom. The predicted octanol–water partition coefficient (Wildman–Crippen LogP) is 5.42. The summed E-state index contributed by atoms with van der Waals surface area (Å²) in [5.74, 6) is 1.12. The number of carbonyl (C=O) groups excluding carboxylic acids is 2. The average Bonchev–Trinajstić information content (AvgIpc) is 3.62. The number of benzene rings is 4. The summed E-state index contributed by atoms with van der Waals surface area (Å²) >= 11 is 0. The van der Waals surface area contributed by atoms with Crippen molar-refractivity contribution in [3.8, 4) is 22.9 Å². The van der Waals surface area contributed by atoms with Gasteiger partial charge in [-0.2, -0.15) is 0 Å². The molecule has 224 valence electrons. The zero-order valence-corrected chi connectivity index (χ0v) is 24.3. The van der Waals surface area contributed by atoms with Gasteiger partial charge in [0.05, 0.1) is 13.4 Å². The Hall–Kier alpha value is -5.57. The van der Waals surface area contributed by atoms with Crippen LogP contribution >= 0.6 is 0 Å². The lowest BCUT2D eigenvalue weighted by atomic mass is 10.0. The topological polar surface area (TPSA) is 101 Å². The van der Waals surface area contributed by atoms with Gasteiger partial charge in [-0.3, -0.25) is 4.79 Å². The summed E-state index contributed by atoms with van der Waals surface area (Å²) in [5.41, 5.74) is 3.31. The molecule has 1 aromatic heterocycles. The molecule has 0 radical (unpaired) electrons. The van der Waals surface area contributed by atoms with Crippen LogP contribution in [0.2, 0.25) is 0 Å². The summed E-state index contributed by atoms with van der Waals surface area (Å²) in [4.78, 5) is 29.5. The lowest BCUT2D eigenvalue weighted by Gasteiger charge is -2.17. The van der Waals surface area contributed by atoms with E-state index in [1.165, 1.54) is 7.11 Å². The van der Waals surface area contributed by atoms with E-state index in [4.69, 9.17) is 18.9 Å². The molecule has 9 heteroatoms. The van der Waals surface area contributed by atoms with Crippen molar-refractivity contribution in [1.29, 1.82) is 0 Å². The van der Waals surface area contributed by atoms with Crippen molar-refractivity contribution in [2.45, 2.75) is 19.1 Å². The molecule has 9 nitrogen and oxygen atoms in total. The van der Waals surface area contributed by atoms with Gasteiger partial charge in [-0.05, 0) is 71.8 Å². The molecule has 0 aliphatic rings. The Balaban J connectivity index is 1.08. The van der Waals surface area contributed by atoms with Crippen LogP contribution in [0.3, 0.4) is 0 Å². The number of esters is 1. The molecule has 1 heterocycles. The van der Waals surface area contributed by atoms with Gasteiger partial charge in [0, 0.05) is 30.1 Å². The molecule has 44 heavy (non-hydrogen) atoms. The smallest absolute Gasteiger partial charge is 0.328 e. The lowest BCUT2D eigenvalue weighted by Crippen LogP contribution is -2.43. The Bertz CT molecular complexity index is 1600. The molecule has 5 rings (SSSR count). The van der Waals surface area contributed by atoms with Crippen LogP contribution in [0.25, 0.3) is 5.69 Å². The van der Waals surface area contributed by atoms with E-state index in [0.29, 0.717) is 36.9 Å². The van der Waals surface area contributed by atoms with Crippen LogP contribution in [0.5, 0.6) is 17.2 Å². The molecule has 0 aliphatic heterocycles. The van der Waals surface area contributed by atoms with Crippen molar-refractivity contribution >= 4 is 11.9 Å². The van der Waals surface area contributed by atoms with E-state index in [2.05, 4.69) is 10.3 Å². The second kappa shape index (κ2) is 15.1. The first kappa shape index (κ1) is 29.9. The van der Waals surface area contributed by atoms with Crippen molar-refractivity contribution in [2.24, 2.45) is 0 Å². The highest BCUT2D eigenvalue weighted by molar-refractivity contribution is 5.96. The van der Waals surface area contributed by atoms with Gasteiger partial charge in [0.15, 0.2) is 0 Å². The number of methoxy groups -OCH3 is 1. The summed E-state index contributed by atoms with van der Waals surface area (Å²) < 4.78 is 24.2. The van der Waals surface area contributed by atoms with E-state index in [0.717, 1.165) is 22.6 Å². The van der Waals surface area contributed by atoms with Gasteiger partial charge in [0.1, 0.15) is 43.1 Å². The number of rotatable bonds is 14. The quantitative estimate of drug-likeness (QED) is 0.136. The Labute approximate surface area is 256 Å². The molecular formula is C35H33N3O6. The zero-order valence-electron chi connectivity index (χ0n) is 24.3. The molecule has 0 saturated heterocycles. The van der Waals surface area contributed by atoms with Crippen LogP contribution in [-0.2, 0) is 22.6 Å². The summed E-state index contributed by atoms with van der Waals surface area (Å²) in [6.07, 6.45) is 5.61. The minimum absolute atomic E-state index is 0.269. The highest BCUT2D eigenvalue weighted by Gasteiger charge is 2.23. The fourth-order valence-corrected chi connectivity index (χ4v) is 4.42. The first-order chi connectivity index (χ1) is 21.6. The van der Waals surface area contributed by atoms with Crippen LogP contribution in [-0.4, -0.2) is 47.8 Å². The van der Waals surface area contributed by atoms with E-state index in [1.807, 2.05) is 89.6 Å². The maximum atomic E-state index is 13.0. The van der Waals surface area contributed by atoms with E-state index < -0.39 is 17.9 Å². The van der Waals surface area contributed by atoms with E-state index >= 15 is 0 Å². The largest absolute Gasteiger partial charge is 0.490 e. The second-order valence-electron chi connectivity index (χ2n) is 9.86. The first-order valence-electron chi connectivity index (χ1n) is 14.2. The molecule has 1 N–H and O–H groups in total. The summed E-state index contributed by atoms with van der Waals surface area (Å²) in [6.45, 7) is 1.14. The predicted molar refractivity (Wildman–Crippen MR) is 165 cm³/mol. The minimum atomic E-state index is -0.856. The molecule has 1 amide bonds. The molecule has 4 aromatic carbocycles. The van der Waals surface area contributed by atoms with Crippen LogP contribution in [0.1, 0.15) is 21.5 Å². The Morgan fingerprint density at radius 2 is 1.36 bits per heavy atom. The van der Waals surface area contributed by atoms with Gasteiger partial charge in [0.2, 0.25) is 0 Å². The number of aromatic nitrogens is 2. The molecule has 0 saturated carbocycles. The van der Waals surface area contributed by atoms with Crippen LogP contribution in [0.15, 0.2) is 122 Å². The van der Waals surface area contributed by atoms with E-state index in [-0.39, 0.29) is 6.42 Å². The SMILES string of the molecule is COC(=O)[C@H](Cc1ccc(OCc2ccccc2)cc1)NC(=O)c1ccc(OCCOc2ccc(-n3ccnc3)cc2)cc1. The Kier molecular flexibility index (Phi) is 10.2. The van der Waals surface area contributed by atoms with Crippen molar-refractivity contribution in [3.63, 3.8) is 0 Å². The van der Waals surface area contributed by atoms with Crippen molar-refractivity contribution in [1.82, 2.24) is 14.9 Å². The lowest BCUT2D eigenvalue weighted by molar-refractivity contribution is -0.142. The number of hydrogen-bond donors (Lipinski definition) is 1. The summed E-state index contributed by atoms with van der Waals surface area (Å²) in [7, 11) is 1.30. The standard InChI is InChI=1S/C35H33N3O6/c1-41-35(40)33(23-26-7-13-32(14-8-26)44-24-27-5-3-2-4-6-27)37-34(39)28-9-15-30(16-10-28)42-21-22-43-31-17-11-29(12-18-31)38-20-19-36-25-38/h2-20,25,33H,21-24H2,1H3,(H,37,39)/t33-/m0/s1. The highest BCUT2D eigenvalue weighted by atomic mass is 16.5. The molecule has 0 aliphatic carbocycles. The highest BCUT2D eigenvalue weighted by Crippen LogP contribution is 2.18. The Morgan fingerprint density at radius 1 is 0.750 bits per heavy atom. The van der Waals surface area contributed by atoms with Crippen LogP contribution in [0.4, 0.5) is 0 Å². The number of imidazole rings is 1. The number of nitrogens with one attached hydrogen (secondary N) is 1. The molecule has 1 atom stereocenters. The van der Waals surface area contributed by atoms with Gasteiger partial charge in [0.25, 0.3) is 5.91 Å². The summed E-state index contributed by atoms with van der Waals surface area (Å²) in [5, 5.41) is 2.79. The van der Waals surface area contributed by atoms with Gasteiger partial charge < -0.3 is 28.8 Å². The summed E-state index contributed by atoms with van der Waals surface area (Å²) in [6, 6.07) is 30.8. The van der Waals surface area contributed by atoms with Crippen molar-refractivity contribution in [3.05, 3.63) is 139 Å². The third-order valence-electron chi connectivity index (χ3n) is 6.78. The molecular weight excluding hydrogens is 558 g/mol. The van der Waals surface area contributed by atoms with Crippen molar-refractivity contribution < 1.29 is 28.5 Å². The molecule has 5 aromatic rings. The van der Waals surface area contributed by atoms with Crippen LogP contribution < -0.4 is 19.5 Å². The fraction of sp³-hybridized carbons (Fsp3) is 0.171. The van der Waals surface area contributed by atoms with Gasteiger partial charge in [-0.15, -0.1) is 0 Å².